The summed E-state index contributed by atoms with van der Waals surface area (Å²) in [6, 6.07) is 15.7. The number of aromatic amines is 1. The number of aliphatic hydroxyl groups is 1. The van der Waals surface area contributed by atoms with Gasteiger partial charge in [-0.15, -0.1) is 21.6 Å². The average molecular weight is 492 g/mol. The number of aryl methyl sites for hydroxylation is 2. The van der Waals surface area contributed by atoms with Crippen LogP contribution in [0.15, 0.2) is 68.9 Å². The molecule has 0 saturated carbocycles. The van der Waals surface area contributed by atoms with Gasteiger partial charge in [0.25, 0.3) is 0 Å². The van der Waals surface area contributed by atoms with Gasteiger partial charge in [0.15, 0.2) is 5.69 Å². The first-order valence-electron chi connectivity index (χ1n) is 11.7. The highest BCUT2D eigenvalue weighted by atomic mass is 32.1. The van der Waals surface area contributed by atoms with E-state index in [4.69, 9.17) is 9.84 Å². The number of para-hydroxylation sites is 1. The van der Waals surface area contributed by atoms with Crippen molar-refractivity contribution in [3.8, 4) is 22.1 Å². The monoisotopic (exact) mass is 491 g/mol. The number of H-pyrrole nitrogens is 1. The topological polar surface area (TPSA) is 105 Å². The summed E-state index contributed by atoms with van der Waals surface area (Å²) in [6.07, 6.45) is 3.93. The van der Waals surface area contributed by atoms with E-state index in [1.165, 1.54) is 21.6 Å². The van der Waals surface area contributed by atoms with Gasteiger partial charge in [0.05, 0.1) is 18.0 Å². The van der Waals surface area contributed by atoms with Crippen LogP contribution in [0.25, 0.3) is 16.4 Å². The minimum atomic E-state index is -0.306. The van der Waals surface area contributed by atoms with E-state index in [-0.39, 0.29) is 17.9 Å². The third kappa shape index (κ3) is 5.93. The van der Waals surface area contributed by atoms with E-state index in [9.17, 15) is 4.79 Å². The molecule has 0 bridgehead atoms. The first kappa shape index (κ1) is 24.6. The molecule has 0 radical (unpaired) electrons. The van der Waals surface area contributed by atoms with Crippen LogP contribution in [0.2, 0.25) is 0 Å². The normalized spacial score (nSPS) is 11.4. The van der Waals surface area contributed by atoms with E-state index in [2.05, 4.69) is 44.6 Å². The number of nitrogens with one attached hydrogen (secondary N) is 1. The average Bonchev–Trinajstić information content (AvgIpc) is 3.46. The number of aromatic nitrogens is 3. The summed E-state index contributed by atoms with van der Waals surface area (Å²) in [4.78, 5) is 17.7. The molecule has 0 aliphatic rings. The van der Waals surface area contributed by atoms with Crippen molar-refractivity contribution in [3.05, 3.63) is 75.5 Å². The van der Waals surface area contributed by atoms with E-state index in [0.717, 1.165) is 36.9 Å². The number of thiazole rings is 1. The van der Waals surface area contributed by atoms with E-state index >= 15 is 0 Å². The molecule has 182 valence electrons. The van der Waals surface area contributed by atoms with Crippen molar-refractivity contribution in [2.75, 3.05) is 13.2 Å². The van der Waals surface area contributed by atoms with Gasteiger partial charge in [-0.25, -0.2) is 4.98 Å². The van der Waals surface area contributed by atoms with Crippen molar-refractivity contribution in [1.82, 2.24) is 14.8 Å². The minimum Gasteiger partial charge on any atom is -0.492 e. The Balaban J connectivity index is 1.51. The number of rotatable bonds is 11. The van der Waals surface area contributed by atoms with Gasteiger partial charge in [-0.1, -0.05) is 42.8 Å². The summed E-state index contributed by atoms with van der Waals surface area (Å²) in [6.45, 7) is 4.46. The number of hydrogen-bond donors (Lipinski definition) is 2. The van der Waals surface area contributed by atoms with Crippen LogP contribution in [0.3, 0.4) is 0 Å². The lowest BCUT2D eigenvalue weighted by Crippen LogP contribution is -2.13. The van der Waals surface area contributed by atoms with Crippen LogP contribution in [-0.2, 0) is 6.42 Å². The maximum absolute atomic E-state index is 13.1. The summed E-state index contributed by atoms with van der Waals surface area (Å²) < 4.78 is 6.98. The van der Waals surface area contributed by atoms with Crippen molar-refractivity contribution in [2.24, 2.45) is 10.2 Å². The molecule has 0 aliphatic heterocycles. The highest BCUT2D eigenvalue weighted by Crippen LogP contribution is 2.29. The number of unbranched alkanes of at least 4 members (excludes halogenated alkanes) is 2. The molecule has 0 amide bonds. The van der Waals surface area contributed by atoms with E-state index in [0.29, 0.717) is 28.9 Å². The van der Waals surface area contributed by atoms with Crippen molar-refractivity contribution >= 4 is 22.7 Å². The van der Waals surface area contributed by atoms with Crippen LogP contribution in [-0.4, -0.2) is 33.1 Å². The van der Waals surface area contributed by atoms with Gasteiger partial charge >= 0.3 is 5.56 Å². The fourth-order valence-electron chi connectivity index (χ4n) is 3.67. The summed E-state index contributed by atoms with van der Waals surface area (Å²) in [5.74, 6) is 0.619. The third-order valence-corrected chi connectivity index (χ3v) is 6.35. The number of nitrogens with zero attached hydrogens (tertiary/aromatic N) is 4. The molecule has 2 aromatic carbocycles. The second-order valence-electron chi connectivity index (χ2n) is 8.07. The second kappa shape index (κ2) is 11.7. The standard InChI is InChI=1S/C26H29N5O3S/c1-3-34-23-11-7-6-10-21(23)28-29-24-18(2)30-31(25(24)33)26-27-22(17-35-26)20-14-12-19(13-15-20)9-5-4-8-16-32/h6-7,10-15,17,30,32H,3-5,8-9,16H2,1-2H3. The summed E-state index contributed by atoms with van der Waals surface area (Å²) in [7, 11) is 0. The maximum Gasteiger partial charge on any atom is 0.301 e. The minimum absolute atomic E-state index is 0.235. The molecule has 0 spiro atoms. The molecule has 2 aromatic heterocycles. The predicted molar refractivity (Wildman–Crippen MR) is 139 cm³/mol. The molecule has 2 N–H and O–H groups in total. The van der Waals surface area contributed by atoms with Gasteiger partial charge in [-0.3, -0.25) is 9.89 Å². The van der Waals surface area contributed by atoms with E-state index in [1.807, 2.05) is 30.5 Å². The quantitative estimate of drug-likeness (QED) is 0.195. The Morgan fingerprint density at radius 3 is 2.66 bits per heavy atom. The fraction of sp³-hybridized carbons (Fsp3) is 0.308. The first-order valence-corrected chi connectivity index (χ1v) is 12.6. The Hall–Kier alpha value is -3.56. The molecule has 35 heavy (non-hydrogen) atoms. The van der Waals surface area contributed by atoms with Crippen LogP contribution in [0.4, 0.5) is 11.4 Å². The highest BCUT2D eigenvalue weighted by Gasteiger charge is 2.16. The van der Waals surface area contributed by atoms with Crippen LogP contribution >= 0.6 is 11.3 Å². The lowest BCUT2D eigenvalue weighted by atomic mass is 10.0. The molecule has 0 fully saturated rings. The van der Waals surface area contributed by atoms with Crippen LogP contribution in [0.5, 0.6) is 5.75 Å². The SMILES string of the molecule is CCOc1ccccc1N=Nc1c(C)[nH]n(-c2nc(-c3ccc(CCCCCO)cc3)cs2)c1=O. The molecule has 0 aliphatic carbocycles. The van der Waals surface area contributed by atoms with Gasteiger partial charge in [0, 0.05) is 17.6 Å². The number of hydrogen-bond acceptors (Lipinski definition) is 7. The Morgan fingerprint density at radius 1 is 1.09 bits per heavy atom. The molecular formula is C26H29N5O3S. The molecule has 8 nitrogen and oxygen atoms in total. The summed E-state index contributed by atoms with van der Waals surface area (Å²) >= 11 is 1.39. The van der Waals surface area contributed by atoms with Gasteiger partial charge < -0.3 is 9.84 Å². The van der Waals surface area contributed by atoms with Crippen LogP contribution in [0.1, 0.15) is 37.4 Å². The fourth-order valence-corrected chi connectivity index (χ4v) is 4.46. The number of ether oxygens (including phenoxy) is 1. The summed E-state index contributed by atoms with van der Waals surface area (Å²) in [5.41, 5.74) is 4.17. The smallest absolute Gasteiger partial charge is 0.301 e. The predicted octanol–water partition coefficient (Wildman–Crippen LogP) is 6.12. The van der Waals surface area contributed by atoms with E-state index < -0.39 is 0 Å². The van der Waals surface area contributed by atoms with Crippen LogP contribution < -0.4 is 10.3 Å². The lowest BCUT2D eigenvalue weighted by Gasteiger charge is -2.04. The Labute approximate surface area is 208 Å². The van der Waals surface area contributed by atoms with Crippen molar-refractivity contribution in [1.29, 1.82) is 0 Å². The zero-order valence-electron chi connectivity index (χ0n) is 19.9. The molecule has 2 heterocycles. The van der Waals surface area contributed by atoms with Gasteiger partial charge in [-0.05, 0) is 50.8 Å². The van der Waals surface area contributed by atoms with E-state index in [1.54, 1.807) is 13.0 Å². The number of benzene rings is 2. The third-order valence-electron chi connectivity index (χ3n) is 5.52. The number of azo groups is 1. The largest absolute Gasteiger partial charge is 0.492 e. The molecule has 4 rings (SSSR count). The molecule has 0 saturated heterocycles. The molecule has 4 aromatic rings. The number of aliphatic hydroxyl groups excluding tert-OH is 1. The molecule has 9 heteroatoms. The van der Waals surface area contributed by atoms with Crippen molar-refractivity contribution in [3.63, 3.8) is 0 Å². The maximum atomic E-state index is 13.1. The molecule has 0 unspecified atom stereocenters. The Bertz CT molecular complexity index is 1340. The molecular weight excluding hydrogens is 462 g/mol. The Kier molecular flexibility index (Phi) is 8.23. The van der Waals surface area contributed by atoms with Gasteiger partial charge in [-0.2, -0.15) is 4.68 Å². The lowest BCUT2D eigenvalue weighted by molar-refractivity contribution is 0.283. The van der Waals surface area contributed by atoms with Crippen molar-refractivity contribution < 1.29 is 9.84 Å². The zero-order valence-corrected chi connectivity index (χ0v) is 20.7. The van der Waals surface area contributed by atoms with Crippen LogP contribution in [0, 0.1) is 6.92 Å². The Morgan fingerprint density at radius 2 is 1.89 bits per heavy atom. The summed E-state index contributed by atoms with van der Waals surface area (Å²) in [5, 5.41) is 22.9. The second-order valence-corrected chi connectivity index (χ2v) is 8.91. The van der Waals surface area contributed by atoms with Crippen molar-refractivity contribution in [2.45, 2.75) is 39.5 Å². The first-order chi connectivity index (χ1) is 17.1. The van der Waals surface area contributed by atoms with Gasteiger partial charge in [0.1, 0.15) is 11.4 Å². The zero-order chi connectivity index (χ0) is 24.6. The van der Waals surface area contributed by atoms with Gasteiger partial charge in [0.2, 0.25) is 5.13 Å². The highest BCUT2D eigenvalue weighted by molar-refractivity contribution is 7.12. The molecule has 0 atom stereocenters.